The number of rotatable bonds is 0. The van der Waals surface area contributed by atoms with E-state index in [9.17, 15) is 0 Å². The van der Waals surface area contributed by atoms with Crippen LogP contribution >= 0.6 is 0 Å². The zero-order valence-electron chi connectivity index (χ0n) is 17.5. The first-order valence-corrected chi connectivity index (χ1v) is 10.2. The third-order valence-corrected chi connectivity index (χ3v) is 6.19. The first kappa shape index (κ1) is 19.2. The van der Waals surface area contributed by atoms with Crippen LogP contribution in [0.15, 0.2) is 24.5 Å². The zero-order valence-corrected chi connectivity index (χ0v) is 17.5. The molecule has 4 heterocycles. The third kappa shape index (κ3) is 4.21. The van der Waals surface area contributed by atoms with E-state index in [2.05, 4.69) is 73.2 Å². The summed E-state index contributed by atoms with van der Waals surface area (Å²) in [6.07, 6.45) is 8.91. The lowest BCUT2D eigenvalue weighted by Crippen LogP contribution is -2.29. The normalized spacial score (nSPS) is 22.8. The predicted molar refractivity (Wildman–Crippen MR) is 107 cm³/mol. The summed E-state index contributed by atoms with van der Waals surface area (Å²) in [7, 11) is 0. The van der Waals surface area contributed by atoms with Gasteiger partial charge < -0.3 is 0 Å². The van der Waals surface area contributed by atoms with Gasteiger partial charge >= 0.3 is 0 Å². The smallest absolute Gasteiger partial charge is 0.0492 e. The van der Waals surface area contributed by atoms with Crippen molar-refractivity contribution in [2.45, 2.75) is 86.2 Å². The second-order valence-electron chi connectivity index (χ2n) is 10.1. The van der Waals surface area contributed by atoms with Crippen molar-refractivity contribution in [3.05, 3.63) is 35.9 Å². The van der Waals surface area contributed by atoms with Crippen molar-refractivity contribution in [2.24, 2.45) is 16.7 Å². The summed E-state index contributed by atoms with van der Waals surface area (Å²) in [6, 6.07) is 4.33. The average Bonchev–Trinajstić information content (AvgIpc) is 3.21. The molecule has 0 radical (unpaired) electrons. The van der Waals surface area contributed by atoms with Crippen LogP contribution in [0, 0.1) is 16.7 Å². The predicted octanol–water partition coefficient (Wildman–Crippen LogP) is 5.30. The summed E-state index contributed by atoms with van der Waals surface area (Å²) in [5.41, 5.74) is 3.65. The Morgan fingerprint density at radius 2 is 1.54 bits per heavy atom. The molecular formula is C22H36N4. The monoisotopic (exact) mass is 356 g/mol. The minimum atomic E-state index is 0.373. The van der Waals surface area contributed by atoms with Gasteiger partial charge in [0.1, 0.15) is 0 Å². The topological polar surface area (TPSA) is 35.6 Å². The summed E-state index contributed by atoms with van der Waals surface area (Å²) >= 11 is 0. The lowest BCUT2D eigenvalue weighted by molar-refractivity contribution is 0.191. The maximum Gasteiger partial charge on any atom is 0.0492 e. The fourth-order valence-electron chi connectivity index (χ4n) is 4.40. The van der Waals surface area contributed by atoms with Gasteiger partial charge in [-0.15, -0.1) is 0 Å². The Hall–Kier alpha value is -1.58. The molecule has 0 bridgehead atoms. The van der Waals surface area contributed by atoms with Crippen molar-refractivity contribution in [2.75, 3.05) is 0 Å². The van der Waals surface area contributed by atoms with Gasteiger partial charge in [0.25, 0.3) is 0 Å². The second kappa shape index (κ2) is 7.21. The molecule has 0 saturated carbocycles. The van der Waals surface area contributed by atoms with Gasteiger partial charge in [0.05, 0.1) is 0 Å². The highest BCUT2D eigenvalue weighted by Crippen LogP contribution is 2.40. The third-order valence-electron chi connectivity index (χ3n) is 6.19. The average molecular weight is 357 g/mol. The van der Waals surface area contributed by atoms with E-state index in [0.717, 1.165) is 19.0 Å². The summed E-state index contributed by atoms with van der Waals surface area (Å²) in [5.74, 6) is 1.50. The number of fused-ring (bicyclic) bond motifs is 2. The van der Waals surface area contributed by atoms with Crippen LogP contribution in [0.4, 0.5) is 0 Å². The molecule has 0 fully saturated rings. The van der Waals surface area contributed by atoms with Crippen molar-refractivity contribution in [1.82, 2.24) is 19.6 Å². The van der Waals surface area contributed by atoms with E-state index in [-0.39, 0.29) is 0 Å². The van der Waals surface area contributed by atoms with E-state index in [4.69, 9.17) is 0 Å². The number of aromatic nitrogens is 4. The zero-order chi connectivity index (χ0) is 18.9. The molecule has 0 spiro atoms. The molecule has 26 heavy (non-hydrogen) atoms. The SMILES string of the molecule is CC(C)(C)C1CCCn2nccc21.CC(C)(C)C1CCn2nccc2C1. The second-order valence-corrected chi connectivity index (χ2v) is 10.1. The fraction of sp³-hybridized carbons (Fsp3) is 0.727. The van der Waals surface area contributed by atoms with Crippen LogP contribution in [0.2, 0.25) is 0 Å². The molecule has 4 heteroatoms. The quantitative estimate of drug-likeness (QED) is 0.642. The molecule has 2 aromatic rings. The van der Waals surface area contributed by atoms with Crippen molar-refractivity contribution < 1.29 is 0 Å². The molecule has 2 aliphatic rings. The van der Waals surface area contributed by atoms with E-state index < -0.39 is 0 Å². The minimum Gasteiger partial charge on any atom is -0.270 e. The molecule has 0 saturated heterocycles. The highest BCUT2D eigenvalue weighted by Gasteiger charge is 2.31. The highest BCUT2D eigenvalue weighted by atomic mass is 15.3. The molecular weight excluding hydrogens is 320 g/mol. The standard InChI is InChI=1S/2C11H18N2/c1-11(2,3)9-5-7-13-10(8-9)4-6-12-13;1-11(2,3)9-5-4-8-13-10(9)6-7-12-13/h4,6,9H,5,7-8H2,1-3H3;6-7,9H,4-5,8H2,1-3H3. The summed E-state index contributed by atoms with van der Waals surface area (Å²) < 4.78 is 4.31. The molecule has 0 N–H and O–H groups in total. The molecule has 2 aromatic heterocycles. The van der Waals surface area contributed by atoms with Gasteiger partial charge in [-0.1, -0.05) is 41.5 Å². The summed E-state index contributed by atoms with van der Waals surface area (Å²) in [6.45, 7) is 16.2. The maximum atomic E-state index is 4.34. The van der Waals surface area contributed by atoms with Crippen LogP contribution in [-0.2, 0) is 19.5 Å². The number of hydrogen-bond acceptors (Lipinski definition) is 2. The Kier molecular flexibility index (Phi) is 5.32. The van der Waals surface area contributed by atoms with Crippen molar-refractivity contribution in [3.63, 3.8) is 0 Å². The fourth-order valence-corrected chi connectivity index (χ4v) is 4.40. The van der Waals surface area contributed by atoms with E-state index in [1.807, 2.05) is 12.4 Å². The van der Waals surface area contributed by atoms with Crippen LogP contribution in [0.1, 0.15) is 78.1 Å². The number of nitrogens with zero attached hydrogens (tertiary/aromatic N) is 4. The van der Waals surface area contributed by atoms with Crippen LogP contribution in [0.5, 0.6) is 0 Å². The minimum absolute atomic E-state index is 0.373. The van der Waals surface area contributed by atoms with Crippen LogP contribution < -0.4 is 0 Å². The Morgan fingerprint density at radius 1 is 0.846 bits per heavy atom. The Bertz CT molecular complexity index is 711. The van der Waals surface area contributed by atoms with Crippen LogP contribution in [-0.4, -0.2) is 19.6 Å². The van der Waals surface area contributed by atoms with Gasteiger partial charge in [-0.05, 0) is 54.6 Å². The summed E-state index contributed by atoms with van der Waals surface area (Å²) in [4.78, 5) is 0. The first-order valence-electron chi connectivity index (χ1n) is 10.2. The van der Waals surface area contributed by atoms with Crippen molar-refractivity contribution in [3.8, 4) is 0 Å². The molecule has 2 aliphatic heterocycles. The van der Waals surface area contributed by atoms with E-state index in [0.29, 0.717) is 16.7 Å². The van der Waals surface area contributed by atoms with Gasteiger partial charge in [-0.25, -0.2) is 0 Å². The van der Waals surface area contributed by atoms with Gasteiger partial charge in [-0.2, -0.15) is 10.2 Å². The number of hydrogen-bond donors (Lipinski definition) is 0. The van der Waals surface area contributed by atoms with Crippen molar-refractivity contribution in [1.29, 1.82) is 0 Å². The molecule has 0 amide bonds. The highest BCUT2D eigenvalue weighted by molar-refractivity contribution is 5.13. The van der Waals surface area contributed by atoms with E-state index in [1.165, 1.54) is 37.1 Å². The molecule has 2 atom stereocenters. The first-order chi connectivity index (χ1) is 12.2. The molecule has 0 aromatic carbocycles. The Labute approximate surface area is 159 Å². The van der Waals surface area contributed by atoms with Crippen molar-refractivity contribution >= 4 is 0 Å². The molecule has 4 nitrogen and oxygen atoms in total. The lowest BCUT2D eigenvalue weighted by Gasteiger charge is -2.34. The van der Waals surface area contributed by atoms with Crippen LogP contribution in [0.3, 0.4) is 0 Å². The van der Waals surface area contributed by atoms with Gasteiger partial charge in [0, 0.05) is 42.8 Å². The molecule has 144 valence electrons. The maximum absolute atomic E-state index is 4.34. The Morgan fingerprint density at radius 3 is 2.23 bits per heavy atom. The molecule has 2 unspecified atom stereocenters. The largest absolute Gasteiger partial charge is 0.270 e. The summed E-state index contributed by atoms with van der Waals surface area (Å²) in [5, 5.41) is 8.63. The van der Waals surface area contributed by atoms with Crippen LogP contribution in [0.25, 0.3) is 0 Å². The lowest BCUT2D eigenvalue weighted by atomic mass is 9.75. The van der Waals surface area contributed by atoms with Gasteiger partial charge in [0.15, 0.2) is 0 Å². The van der Waals surface area contributed by atoms with E-state index >= 15 is 0 Å². The Balaban J connectivity index is 0.000000151. The van der Waals surface area contributed by atoms with Gasteiger partial charge in [0.2, 0.25) is 0 Å². The number of aryl methyl sites for hydroxylation is 2. The molecule has 4 rings (SSSR count). The molecule has 0 aliphatic carbocycles. The van der Waals surface area contributed by atoms with Gasteiger partial charge in [-0.3, -0.25) is 9.36 Å². The van der Waals surface area contributed by atoms with E-state index in [1.54, 1.807) is 0 Å².